The molecule has 4 nitrogen and oxygen atoms in total. The van der Waals surface area contributed by atoms with E-state index in [4.69, 9.17) is 11.5 Å². The summed E-state index contributed by atoms with van der Waals surface area (Å²) in [4.78, 5) is 21.2. The van der Waals surface area contributed by atoms with Gasteiger partial charge >= 0.3 is 0 Å². The van der Waals surface area contributed by atoms with Gasteiger partial charge in [-0.15, -0.1) is 0 Å². The average Bonchev–Trinajstić information content (AvgIpc) is 1.84. The van der Waals surface area contributed by atoms with E-state index in [1.807, 2.05) is 13.8 Å². The Morgan fingerprint density at radius 3 is 1.92 bits per heavy atom. The predicted octanol–water partition coefficient (Wildman–Crippen LogP) is -0.0705. The Balaban J connectivity index is 4.40. The van der Waals surface area contributed by atoms with Gasteiger partial charge in [-0.3, -0.25) is 9.59 Å². The lowest BCUT2D eigenvalue weighted by molar-refractivity contribution is -0.120. The number of allylic oxidation sites excluding steroid dienone is 1. The summed E-state index contributed by atoms with van der Waals surface area (Å²) in [5.74, 6) is -1.15. The van der Waals surface area contributed by atoms with Crippen molar-refractivity contribution >= 4 is 11.8 Å². The second-order valence-corrected chi connectivity index (χ2v) is 2.98. The summed E-state index contributed by atoms with van der Waals surface area (Å²) >= 11 is 0. The van der Waals surface area contributed by atoms with Crippen LogP contribution in [-0.2, 0) is 9.59 Å². The predicted molar refractivity (Wildman–Crippen MR) is 45.9 cm³/mol. The summed E-state index contributed by atoms with van der Waals surface area (Å²) in [6, 6.07) is 0. The third kappa shape index (κ3) is 3.75. The van der Waals surface area contributed by atoms with Crippen molar-refractivity contribution in [1.82, 2.24) is 0 Å². The summed E-state index contributed by atoms with van der Waals surface area (Å²) in [5.41, 5.74) is 9.72. The molecule has 12 heavy (non-hydrogen) atoms. The smallest absolute Gasteiger partial charge is 0.253 e. The minimum absolute atomic E-state index is 0.108. The molecule has 4 N–H and O–H groups in total. The van der Waals surface area contributed by atoms with Crippen LogP contribution in [0.1, 0.15) is 20.3 Å². The van der Waals surface area contributed by atoms with Gasteiger partial charge in [0.15, 0.2) is 0 Å². The third-order valence-corrected chi connectivity index (χ3v) is 1.32. The molecule has 0 aromatic heterocycles. The molecule has 0 aliphatic rings. The molecule has 0 atom stereocenters. The van der Waals surface area contributed by atoms with Gasteiger partial charge in [-0.2, -0.15) is 0 Å². The standard InChI is InChI=1S/C8H14N2O2/c1-5(2)3-4-6(7(9)11)8(10)12/h4-5H,3H2,1-2H3,(H2,9,11)(H2,10,12). The number of hydrogen-bond acceptors (Lipinski definition) is 2. The number of carbonyl (C=O) groups is 2. The van der Waals surface area contributed by atoms with Gasteiger partial charge in [0.25, 0.3) is 11.8 Å². The van der Waals surface area contributed by atoms with Crippen LogP contribution in [0.25, 0.3) is 0 Å². The number of nitrogens with two attached hydrogens (primary N) is 2. The monoisotopic (exact) mass is 170 g/mol. The molecule has 0 rings (SSSR count). The molecular weight excluding hydrogens is 156 g/mol. The topological polar surface area (TPSA) is 86.2 Å². The Labute approximate surface area is 71.6 Å². The molecule has 0 aromatic rings. The maximum atomic E-state index is 10.6. The van der Waals surface area contributed by atoms with Gasteiger partial charge < -0.3 is 11.5 Å². The molecule has 0 unspecified atom stereocenters. The number of amides is 2. The first-order valence-corrected chi connectivity index (χ1v) is 3.75. The fourth-order valence-electron chi connectivity index (χ4n) is 0.676. The Hall–Kier alpha value is -1.32. The second-order valence-electron chi connectivity index (χ2n) is 2.98. The molecule has 0 aliphatic carbocycles. The maximum Gasteiger partial charge on any atom is 0.253 e. The van der Waals surface area contributed by atoms with Crippen LogP contribution < -0.4 is 11.5 Å². The first kappa shape index (κ1) is 10.7. The Morgan fingerprint density at radius 2 is 1.67 bits per heavy atom. The number of primary amides is 2. The van der Waals surface area contributed by atoms with Crippen LogP contribution in [0, 0.1) is 5.92 Å². The number of hydrogen-bond donors (Lipinski definition) is 2. The highest BCUT2D eigenvalue weighted by molar-refractivity contribution is 6.17. The SMILES string of the molecule is CC(C)CC=C(C(N)=O)C(N)=O. The fraction of sp³-hybridized carbons (Fsp3) is 0.500. The van der Waals surface area contributed by atoms with Crippen molar-refractivity contribution in [3.8, 4) is 0 Å². The minimum atomic E-state index is -0.761. The first-order chi connectivity index (χ1) is 5.45. The van der Waals surface area contributed by atoms with E-state index in [0.717, 1.165) is 0 Å². The molecule has 0 aromatic carbocycles. The van der Waals surface area contributed by atoms with Crippen LogP contribution in [-0.4, -0.2) is 11.8 Å². The zero-order valence-electron chi connectivity index (χ0n) is 7.33. The van der Waals surface area contributed by atoms with Crippen LogP contribution in [0.3, 0.4) is 0 Å². The lowest BCUT2D eigenvalue weighted by Crippen LogP contribution is -2.26. The van der Waals surface area contributed by atoms with Gasteiger partial charge in [-0.1, -0.05) is 19.9 Å². The quantitative estimate of drug-likeness (QED) is 0.351. The van der Waals surface area contributed by atoms with E-state index >= 15 is 0 Å². The van der Waals surface area contributed by atoms with Crippen molar-refractivity contribution < 1.29 is 9.59 Å². The van der Waals surface area contributed by atoms with Crippen LogP contribution in [0.4, 0.5) is 0 Å². The summed E-state index contributed by atoms with van der Waals surface area (Å²) in [6.45, 7) is 3.94. The van der Waals surface area contributed by atoms with E-state index in [2.05, 4.69) is 0 Å². The van der Waals surface area contributed by atoms with Crippen LogP contribution in [0.2, 0.25) is 0 Å². The highest BCUT2D eigenvalue weighted by Crippen LogP contribution is 2.03. The van der Waals surface area contributed by atoms with Gasteiger partial charge in [0.1, 0.15) is 0 Å². The summed E-state index contributed by atoms with van der Waals surface area (Å²) < 4.78 is 0. The van der Waals surface area contributed by atoms with E-state index in [1.165, 1.54) is 6.08 Å². The van der Waals surface area contributed by atoms with E-state index in [1.54, 1.807) is 0 Å². The largest absolute Gasteiger partial charge is 0.365 e. The Morgan fingerprint density at radius 1 is 1.25 bits per heavy atom. The molecule has 4 heteroatoms. The molecule has 0 fully saturated rings. The van der Waals surface area contributed by atoms with Crippen molar-refractivity contribution in [3.05, 3.63) is 11.6 Å². The maximum absolute atomic E-state index is 10.6. The summed E-state index contributed by atoms with van der Waals surface area (Å²) in [5, 5.41) is 0. The molecule has 0 radical (unpaired) electrons. The van der Waals surface area contributed by atoms with Crippen molar-refractivity contribution in [2.45, 2.75) is 20.3 Å². The van der Waals surface area contributed by atoms with Gasteiger partial charge in [0, 0.05) is 0 Å². The second kappa shape index (κ2) is 4.54. The fourth-order valence-corrected chi connectivity index (χ4v) is 0.676. The van der Waals surface area contributed by atoms with Gasteiger partial charge in [0.2, 0.25) is 0 Å². The molecular formula is C8H14N2O2. The van der Waals surface area contributed by atoms with Gasteiger partial charge in [0.05, 0.1) is 5.57 Å². The van der Waals surface area contributed by atoms with Crippen molar-refractivity contribution in [3.63, 3.8) is 0 Å². The highest BCUT2D eigenvalue weighted by Gasteiger charge is 2.10. The van der Waals surface area contributed by atoms with Crippen molar-refractivity contribution in [2.75, 3.05) is 0 Å². The van der Waals surface area contributed by atoms with Gasteiger partial charge in [-0.05, 0) is 12.3 Å². The number of carbonyl (C=O) groups excluding carboxylic acids is 2. The lowest BCUT2D eigenvalue weighted by atomic mass is 10.1. The average molecular weight is 170 g/mol. The minimum Gasteiger partial charge on any atom is -0.365 e. The van der Waals surface area contributed by atoms with Crippen molar-refractivity contribution in [2.24, 2.45) is 17.4 Å². The Kier molecular flexibility index (Phi) is 4.04. The Bertz CT molecular complexity index is 203. The summed E-state index contributed by atoms with van der Waals surface area (Å²) in [7, 11) is 0. The zero-order chi connectivity index (χ0) is 9.72. The summed E-state index contributed by atoms with van der Waals surface area (Å²) in [6.07, 6.45) is 2.11. The molecule has 0 aliphatic heterocycles. The molecule has 68 valence electrons. The van der Waals surface area contributed by atoms with Gasteiger partial charge in [-0.25, -0.2) is 0 Å². The van der Waals surface area contributed by atoms with Crippen LogP contribution in [0.5, 0.6) is 0 Å². The first-order valence-electron chi connectivity index (χ1n) is 3.75. The van der Waals surface area contributed by atoms with E-state index in [0.29, 0.717) is 12.3 Å². The van der Waals surface area contributed by atoms with E-state index in [9.17, 15) is 9.59 Å². The molecule has 0 heterocycles. The lowest BCUT2D eigenvalue weighted by Gasteiger charge is -2.00. The molecule has 0 saturated carbocycles. The molecule has 2 amide bonds. The molecule has 0 saturated heterocycles. The third-order valence-electron chi connectivity index (χ3n) is 1.32. The molecule has 0 bridgehead atoms. The van der Waals surface area contributed by atoms with E-state index < -0.39 is 11.8 Å². The van der Waals surface area contributed by atoms with E-state index in [-0.39, 0.29) is 5.57 Å². The van der Waals surface area contributed by atoms with Crippen LogP contribution >= 0.6 is 0 Å². The highest BCUT2D eigenvalue weighted by atomic mass is 16.2. The zero-order valence-corrected chi connectivity index (χ0v) is 7.33. The molecule has 0 spiro atoms. The van der Waals surface area contributed by atoms with Crippen LogP contribution in [0.15, 0.2) is 11.6 Å². The normalized spacial score (nSPS) is 9.58. The number of rotatable bonds is 4. The van der Waals surface area contributed by atoms with Crippen molar-refractivity contribution in [1.29, 1.82) is 0 Å².